The predicted molar refractivity (Wildman–Crippen MR) is 111 cm³/mol. The van der Waals surface area contributed by atoms with E-state index in [1.807, 2.05) is 36.5 Å². The molecule has 3 aromatic heterocycles. The zero-order chi connectivity index (χ0) is 19.6. The molecule has 1 amide bonds. The summed E-state index contributed by atoms with van der Waals surface area (Å²) in [5, 5.41) is 8.06. The first kappa shape index (κ1) is 17.5. The van der Waals surface area contributed by atoms with Crippen LogP contribution < -0.4 is 10.2 Å². The van der Waals surface area contributed by atoms with Gasteiger partial charge in [-0.1, -0.05) is 0 Å². The third-order valence-electron chi connectivity index (χ3n) is 5.21. The summed E-state index contributed by atoms with van der Waals surface area (Å²) in [6, 6.07) is 13.2. The van der Waals surface area contributed by atoms with Crippen LogP contribution in [0.3, 0.4) is 0 Å². The summed E-state index contributed by atoms with van der Waals surface area (Å²) >= 11 is 0. The van der Waals surface area contributed by atoms with Gasteiger partial charge in [0, 0.05) is 37.1 Å². The number of amides is 1. The fourth-order valence-electron chi connectivity index (χ4n) is 3.80. The van der Waals surface area contributed by atoms with Crippen molar-refractivity contribution in [1.82, 2.24) is 14.8 Å². The highest BCUT2D eigenvalue weighted by molar-refractivity contribution is 6.09. The number of hydrogen-bond donors (Lipinski definition) is 1. The third-order valence-corrected chi connectivity index (χ3v) is 5.21. The lowest BCUT2D eigenvalue weighted by Gasteiger charge is -2.20. The molecule has 1 aromatic carbocycles. The van der Waals surface area contributed by atoms with Gasteiger partial charge in [0.1, 0.15) is 5.76 Å². The van der Waals surface area contributed by atoms with Gasteiger partial charge in [0.25, 0.3) is 5.91 Å². The lowest BCUT2D eigenvalue weighted by atomic mass is 10.1. The van der Waals surface area contributed by atoms with Gasteiger partial charge in [-0.05, 0) is 55.3 Å². The fraction of sp³-hybridized carbons (Fsp3) is 0.227. The van der Waals surface area contributed by atoms with Gasteiger partial charge in [0.15, 0.2) is 5.76 Å². The van der Waals surface area contributed by atoms with Crippen molar-refractivity contribution in [3.8, 4) is 0 Å². The number of anilines is 2. The zero-order valence-electron chi connectivity index (χ0n) is 15.9. The van der Waals surface area contributed by atoms with Crippen molar-refractivity contribution in [3.05, 3.63) is 72.6 Å². The zero-order valence-corrected chi connectivity index (χ0v) is 15.9. The average Bonchev–Trinajstić information content (AvgIpc) is 3.52. The maximum absolute atomic E-state index is 12.8. The molecule has 1 N–H and O–H groups in total. The van der Waals surface area contributed by atoms with E-state index < -0.39 is 0 Å². The number of rotatable bonds is 5. The standard InChI is InChI=1S/C22H21N5O2/c28-22(20-9-6-16(29-20)15-27-14-4-11-24-27)25-18-7-8-19(26-12-1-2-13-26)21-17(18)5-3-10-23-21/h3-11,14H,1-2,12-13,15H2,(H,25,28). The number of nitrogens with one attached hydrogen (secondary N) is 1. The Kier molecular flexibility index (Phi) is 4.48. The molecule has 5 rings (SSSR count). The largest absolute Gasteiger partial charge is 0.454 e. The maximum atomic E-state index is 12.8. The van der Waals surface area contributed by atoms with E-state index >= 15 is 0 Å². The van der Waals surface area contributed by atoms with E-state index in [4.69, 9.17) is 4.42 Å². The van der Waals surface area contributed by atoms with E-state index in [1.54, 1.807) is 29.2 Å². The summed E-state index contributed by atoms with van der Waals surface area (Å²) in [6.45, 7) is 2.57. The molecule has 0 bridgehead atoms. The number of pyridine rings is 1. The van der Waals surface area contributed by atoms with Crippen LogP contribution >= 0.6 is 0 Å². The number of fused-ring (bicyclic) bond motifs is 1. The third kappa shape index (κ3) is 3.47. The number of furan rings is 1. The Labute approximate surface area is 168 Å². The SMILES string of the molecule is O=C(Nc1ccc(N2CCCC2)c2ncccc12)c1ccc(Cn2cccn2)o1. The Hall–Kier alpha value is -3.61. The van der Waals surface area contributed by atoms with Crippen molar-refractivity contribution in [2.45, 2.75) is 19.4 Å². The lowest BCUT2D eigenvalue weighted by Crippen LogP contribution is -2.18. The second-order valence-corrected chi connectivity index (χ2v) is 7.15. The second kappa shape index (κ2) is 7.43. The monoisotopic (exact) mass is 387 g/mol. The van der Waals surface area contributed by atoms with E-state index in [-0.39, 0.29) is 11.7 Å². The molecule has 0 aliphatic carbocycles. The van der Waals surface area contributed by atoms with Crippen LogP contribution in [0.5, 0.6) is 0 Å². The average molecular weight is 387 g/mol. The fourth-order valence-corrected chi connectivity index (χ4v) is 3.80. The summed E-state index contributed by atoms with van der Waals surface area (Å²) in [7, 11) is 0. The molecule has 7 nitrogen and oxygen atoms in total. The molecule has 7 heteroatoms. The Balaban J connectivity index is 1.39. The molecule has 0 radical (unpaired) electrons. The quantitative estimate of drug-likeness (QED) is 0.562. The topological polar surface area (TPSA) is 76.2 Å². The molecule has 0 atom stereocenters. The molecule has 0 saturated carbocycles. The normalized spacial score (nSPS) is 13.9. The van der Waals surface area contributed by atoms with E-state index in [0.717, 1.165) is 35.4 Å². The van der Waals surface area contributed by atoms with Crippen LogP contribution in [0, 0.1) is 0 Å². The minimum atomic E-state index is -0.282. The molecule has 0 spiro atoms. The number of carbonyl (C=O) groups excluding carboxylic acids is 1. The number of hydrogen-bond acceptors (Lipinski definition) is 5. The van der Waals surface area contributed by atoms with E-state index in [1.165, 1.54) is 12.8 Å². The Morgan fingerprint density at radius 1 is 1.07 bits per heavy atom. The second-order valence-electron chi connectivity index (χ2n) is 7.15. The number of nitrogens with zero attached hydrogens (tertiary/aromatic N) is 4. The predicted octanol–water partition coefficient (Wildman–Crippen LogP) is 3.93. The van der Waals surface area contributed by atoms with Crippen LogP contribution in [0.2, 0.25) is 0 Å². The van der Waals surface area contributed by atoms with Gasteiger partial charge >= 0.3 is 0 Å². The molecule has 4 heterocycles. The summed E-state index contributed by atoms with van der Waals surface area (Å²) in [4.78, 5) is 19.7. The Morgan fingerprint density at radius 3 is 2.79 bits per heavy atom. The van der Waals surface area contributed by atoms with Crippen LogP contribution in [-0.4, -0.2) is 33.8 Å². The van der Waals surface area contributed by atoms with Gasteiger partial charge < -0.3 is 14.6 Å². The van der Waals surface area contributed by atoms with E-state index in [9.17, 15) is 4.79 Å². The van der Waals surface area contributed by atoms with E-state index in [2.05, 4.69) is 20.3 Å². The van der Waals surface area contributed by atoms with Crippen LogP contribution in [0.1, 0.15) is 29.2 Å². The smallest absolute Gasteiger partial charge is 0.291 e. The minimum absolute atomic E-state index is 0.271. The van der Waals surface area contributed by atoms with Gasteiger partial charge in [-0.25, -0.2) is 0 Å². The van der Waals surface area contributed by atoms with Crippen LogP contribution in [-0.2, 0) is 6.54 Å². The lowest BCUT2D eigenvalue weighted by molar-refractivity contribution is 0.0995. The van der Waals surface area contributed by atoms with Gasteiger partial charge in [0.2, 0.25) is 0 Å². The summed E-state index contributed by atoms with van der Waals surface area (Å²) in [5.74, 6) is 0.665. The van der Waals surface area contributed by atoms with Crippen LogP contribution in [0.25, 0.3) is 10.9 Å². The molecule has 0 unspecified atom stereocenters. The van der Waals surface area contributed by atoms with Crippen LogP contribution in [0.4, 0.5) is 11.4 Å². The first-order valence-corrected chi connectivity index (χ1v) is 9.78. The van der Waals surface area contributed by atoms with Gasteiger partial charge in [0.05, 0.1) is 23.4 Å². The molecule has 146 valence electrons. The molecule has 1 aliphatic rings. The van der Waals surface area contributed by atoms with Crippen molar-refractivity contribution >= 4 is 28.2 Å². The Morgan fingerprint density at radius 2 is 1.97 bits per heavy atom. The van der Waals surface area contributed by atoms with Crippen molar-refractivity contribution in [2.75, 3.05) is 23.3 Å². The molecule has 1 saturated heterocycles. The van der Waals surface area contributed by atoms with E-state index in [0.29, 0.717) is 12.3 Å². The molecule has 29 heavy (non-hydrogen) atoms. The highest BCUT2D eigenvalue weighted by Crippen LogP contribution is 2.32. The number of aromatic nitrogens is 3. The molecule has 4 aromatic rings. The van der Waals surface area contributed by atoms with Gasteiger partial charge in [-0.3, -0.25) is 14.5 Å². The minimum Gasteiger partial charge on any atom is -0.454 e. The van der Waals surface area contributed by atoms with Crippen LogP contribution in [0.15, 0.2) is 65.5 Å². The maximum Gasteiger partial charge on any atom is 0.291 e. The van der Waals surface area contributed by atoms with Gasteiger partial charge in [-0.2, -0.15) is 5.10 Å². The van der Waals surface area contributed by atoms with Gasteiger partial charge in [-0.15, -0.1) is 0 Å². The first-order valence-electron chi connectivity index (χ1n) is 9.78. The van der Waals surface area contributed by atoms with Crippen molar-refractivity contribution in [1.29, 1.82) is 0 Å². The molecular formula is C22H21N5O2. The van der Waals surface area contributed by atoms with Crippen molar-refractivity contribution < 1.29 is 9.21 Å². The summed E-state index contributed by atoms with van der Waals surface area (Å²) < 4.78 is 7.46. The van der Waals surface area contributed by atoms with Crippen molar-refractivity contribution in [2.24, 2.45) is 0 Å². The first-order chi connectivity index (χ1) is 14.3. The Bertz CT molecular complexity index is 1140. The molecule has 1 aliphatic heterocycles. The molecule has 1 fully saturated rings. The number of benzene rings is 1. The summed E-state index contributed by atoms with van der Waals surface area (Å²) in [5.41, 5.74) is 2.76. The highest BCUT2D eigenvalue weighted by atomic mass is 16.4. The molecular weight excluding hydrogens is 366 g/mol. The summed E-state index contributed by atoms with van der Waals surface area (Å²) in [6.07, 6.45) is 7.75. The number of carbonyl (C=O) groups is 1. The highest BCUT2D eigenvalue weighted by Gasteiger charge is 2.18. The van der Waals surface area contributed by atoms with Crippen molar-refractivity contribution in [3.63, 3.8) is 0 Å².